The summed E-state index contributed by atoms with van der Waals surface area (Å²) in [5.41, 5.74) is 5.90. The van der Waals surface area contributed by atoms with Crippen LogP contribution in [0.5, 0.6) is 5.75 Å². The van der Waals surface area contributed by atoms with Crippen molar-refractivity contribution >= 4 is 33.9 Å². The number of sulfonamides is 1. The number of benzene rings is 2. The lowest BCUT2D eigenvalue weighted by Crippen LogP contribution is -2.51. The minimum absolute atomic E-state index is 0.0724. The van der Waals surface area contributed by atoms with Crippen LogP contribution in [0.2, 0.25) is 0 Å². The molecule has 2 aromatic rings. The van der Waals surface area contributed by atoms with Crippen molar-refractivity contribution in [3.05, 3.63) is 59.7 Å². The Balaban J connectivity index is 1.70. The third-order valence-corrected chi connectivity index (χ3v) is 7.72. The van der Waals surface area contributed by atoms with Crippen LogP contribution in [0.3, 0.4) is 0 Å². The van der Waals surface area contributed by atoms with E-state index in [9.17, 15) is 32.7 Å². The normalized spacial score (nSPS) is 16.5. The summed E-state index contributed by atoms with van der Waals surface area (Å²) in [7, 11) is -1.01. The van der Waals surface area contributed by atoms with Gasteiger partial charge in [-0.25, -0.2) is 18.0 Å². The van der Waals surface area contributed by atoms with Gasteiger partial charge in [0.1, 0.15) is 17.8 Å². The predicted octanol–water partition coefficient (Wildman–Crippen LogP) is 0.811. The van der Waals surface area contributed by atoms with E-state index in [0.717, 1.165) is 4.31 Å². The highest BCUT2D eigenvalue weighted by Crippen LogP contribution is 2.27. The highest BCUT2D eigenvalue weighted by atomic mass is 32.2. The van der Waals surface area contributed by atoms with E-state index in [2.05, 4.69) is 5.32 Å². The molecule has 0 aromatic heterocycles. The first-order valence-corrected chi connectivity index (χ1v) is 12.8. The van der Waals surface area contributed by atoms with Gasteiger partial charge < -0.3 is 25.8 Å². The maximum atomic E-state index is 13.2. The van der Waals surface area contributed by atoms with Gasteiger partial charge in [0, 0.05) is 32.6 Å². The number of carboxylic acids is 1. The number of carbonyl (C=O) groups excluding carboxylic acids is 3. The maximum Gasteiger partial charge on any atom is 0.414 e. The number of carbonyl (C=O) groups is 4. The molecule has 3 amide bonds. The highest BCUT2D eigenvalue weighted by molar-refractivity contribution is 7.89. The molecule has 37 heavy (non-hydrogen) atoms. The average molecular weight is 533 g/mol. The first-order chi connectivity index (χ1) is 17.4. The van der Waals surface area contributed by atoms with Crippen molar-refractivity contribution in [1.29, 1.82) is 0 Å². The molecule has 1 fully saturated rings. The number of primary amides is 1. The first-order valence-electron chi connectivity index (χ1n) is 11.3. The summed E-state index contributed by atoms with van der Waals surface area (Å²) in [6.45, 7) is 0.0862. The van der Waals surface area contributed by atoms with Crippen molar-refractivity contribution in [2.45, 2.75) is 36.2 Å². The molecule has 0 bridgehead atoms. The SMILES string of the molecule is CN(C)C(=O)Oc1ccc(C[C@H](NC(=O)[C@@H]2CCCN2S(=O)(=O)c2ccc(C(N)=O)cc2)C(=O)O)cc1. The van der Waals surface area contributed by atoms with Crippen LogP contribution in [0.15, 0.2) is 53.4 Å². The lowest BCUT2D eigenvalue weighted by Gasteiger charge is -2.25. The summed E-state index contributed by atoms with van der Waals surface area (Å²) < 4.78 is 32.5. The van der Waals surface area contributed by atoms with Crippen LogP contribution in [-0.2, 0) is 26.0 Å². The summed E-state index contributed by atoms with van der Waals surface area (Å²) in [5.74, 6) is -2.44. The second kappa shape index (κ2) is 11.4. The largest absolute Gasteiger partial charge is 0.480 e. The Kier molecular flexibility index (Phi) is 8.50. The highest BCUT2D eigenvalue weighted by Gasteiger charge is 2.40. The Morgan fingerprint density at radius 2 is 1.73 bits per heavy atom. The molecule has 0 radical (unpaired) electrons. The molecule has 198 valence electrons. The molecule has 0 unspecified atom stereocenters. The molecule has 0 saturated carbocycles. The summed E-state index contributed by atoms with van der Waals surface area (Å²) >= 11 is 0. The van der Waals surface area contributed by atoms with Crippen molar-refractivity contribution in [1.82, 2.24) is 14.5 Å². The van der Waals surface area contributed by atoms with Crippen molar-refractivity contribution in [3.8, 4) is 5.75 Å². The fourth-order valence-corrected chi connectivity index (χ4v) is 5.46. The van der Waals surface area contributed by atoms with Crippen molar-refractivity contribution in [2.75, 3.05) is 20.6 Å². The zero-order valence-electron chi connectivity index (χ0n) is 20.3. The van der Waals surface area contributed by atoms with Crippen LogP contribution >= 0.6 is 0 Å². The molecule has 0 aliphatic carbocycles. The topological polar surface area (TPSA) is 176 Å². The second-order valence-corrected chi connectivity index (χ2v) is 10.6. The van der Waals surface area contributed by atoms with E-state index in [1.165, 1.54) is 55.4 Å². The van der Waals surface area contributed by atoms with Crippen LogP contribution in [0.4, 0.5) is 4.79 Å². The minimum atomic E-state index is -4.08. The molecule has 2 aromatic carbocycles. The van der Waals surface area contributed by atoms with Crippen molar-refractivity contribution < 1.29 is 37.4 Å². The smallest absolute Gasteiger partial charge is 0.414 e. The minimum Gasteiger partial charge on any atom is -0.480 e. The standard InChI is InChI=1S/C24H28N4O8S/c1-27(2)24(33)36-17-9-5-15(6-10-17)14-19(23(31)32)26-22(30)20-4-3-13-28(20)37(34,35)18-11-7-16(8-12-18)21(25)29/h5-12,19-20H,3-4,13-14H2,1-2H3,(H2,25,29)(H,26,30)(H,31,32)/t19-,20-/m0/s1. The number of nitrogens with one attached hydrogen (secondary N) is 1. The van der Waals surface area contributed by atoms with Gasteiger partial charge >= 0.3 is 12.1 Å². The van der Waals surface area contributed by atoms with Gasteiger partial charge in [-0.3, -0.25) is 9.59 Å². The van der Waals surface area contributed by atoms with Crippen LogP contribution in [0.25, 0.3) is 0 Å². The quantitative estimate of drug-likeness (QED) is 0.425. The van der Waals surface area contributed by atoms with E-state index in [1.807, 2.05) is 0 Å². The van der Waals surface area contributed by atoms with E-state index < -0.39 is 46.0 Å². The Labute approximate surface area is 214 Å². The molecule has 1 aliphatic heterocycles. The average Bonchev–Trinajstić information content (AvgIpc) is 3.36. The van der Waals surface area contributed by atoms with E-state index in [4.69, 9.17) is 10.5 Å². The Bertz CT molecular complexity index is 1280. The summed E-state index contributed by atoms with van der Waals surface area (Å²) in [6, 6.07) is 8.80. The number of amides is 3. The number of rotatable bonds is 9. The lowest BCUT2D eigenvalue weighted by molar-refractivity contribution is -0.142. The van der Waals surface area contributed by atoms with Gasteiger partial charge in [0.05, 0.1) is 4.90 Å². The zero-order valence-corrected chi connectivity index (χ0v) is 21.1. The van der Waals surface area contributed by atoms with Gasteiger partial charge in [0.2, 0.25) is 21.8 Å². The van der Waals surface area contributed by atoms with Gasteiger partial charge in [-0.15, -0.1) is 0 Å². The fourth-order valence-electron chi connectivity index (χ4n) is 3.81. The molecule has 1 heterocycles. The fraction of sp³-hybridized carbons (Fsp3) is 0.333. The third kappa shape index (κ3) is 6.62. The summed E-state index contributed by atoms with van der Waals surface area (Å²) in [4.78, 5) is 49.0. The molecule has 2 atom stereocenters. The number of ether oxygens (including phenoxy) is 1. The Morgan fingerprint density at radius 3 is 2.27 bits per heavy atom. The lowest BCUT2D eigenvalue weighted by atomic mass is 10.1. The van der Waals surface area contributed by atoms with E-state index >= 15 is 0 Å². The van der Waals surface area contributed by atoms with Gasteiger partial charge in [-0.2, -0.15) is 4.31 Å². The Hall–Kier alpha value is -3.97. The molecule has 4 N–H and O–H groups in total. The predicted molar refractivity (Wildman–Crippen MR) is 131 cm³/mol. The van der Waals surface area contributed by atoms with Gasteiger partial charge in [0.25, 0.3) is 0 Å². The molecule has 13 heteroatoms. The van der Waals surface area contributed by atoms with Crippen molar-refractivity contribution in [2.24, 2.45) is 5.73 Å². The van der Waals surface area contributed by atoms with Crippen LogP contribution in [-0.4, -0.2) is 79.3 Å². The molecular weight excluding hydrogens is 504 g/mol. The van der Waals surface area contributed by atoms with Gasteiger partial charge in [-0.05, 0) is 54.8 Å². The van der Waals surface area contributed by atoms with Crippen LogP contribution < -0.4 is 15.8 Å². The number of nitrogens with zero attached hydrogens (tertiary/aromatic N) is 2. The molecular formula is C24H28N4O8S. The third-order valence-electron chi connectivity index (χ3n) is 5.80. The number of nitrogens with two attached hydrogens (primary N) is 1. The second-order valence-electron chi connectivity index (χ2n) is 8.67. The monoisotopic (exact) mass is 532 g/mol. The molecule has 0 spiro atoms. The van der Waals surface area contributed by atoms with E-state index in [0.29, 0.717) is 12.0 Å². The van der Waals surface area contributed by atoms with Crippen LogP contribution in [0, 0.1) is 0 Å². The molecule has 1 saturated heterocycles. The zero-order chi connectivity index (χ0) is 27.3. The first kappa shape index (κ1) is 27.6. The van der Waals surface area contributed by atoms with E-state index in [1.54, 1.807) is 12.1 Å². The molecule has 1 aliphatic rings. The molecule has 3 rings (SSSR count). The number of hydrogen-bond donors (Lipinski definition) is 3. The van der Waals surface area contributed by atoms with Gasteiger partial charge in [-0.1, -0.05) is 12.1 Å². The van der Waals surface area contributed by atoms with Gasteiger partial charge in [0.15, 0.2) is 0 Å². The van der Waals surface area contributed by atoms with Crippen molar-refractivity contribution in [3.63, 3.8) is 0 Å². The number of hydrogen-bond acceptors (Lipinski definition) is 7. The number of aliphatic carboxylic acids is 1. The van der Waals surface area contributed by atoms with E-state index in [-0.39, 0.29) is 35.6 Å². The maximum absolute atomic E-state index is 13.2. The number of carboxylic acid groups (broad SMARTS) is 1. The van der Waals surface area contributed by atoms with Crippen LogP contribution in [0.1, 0.15) is 28.8 Å². The summed E-state index contributed by atoms with van der Waals surface area (Å²) in [5, 5.41) is 12.1. The Morgan fingerprint density at radius 1 is 1.11 bits per heavy atom. The summed E-state index contributed by atoms with van der Waals surface area (Å²) in [6.07, 6.45) is 0.00435. The molecule has 12 nitrogen and oxygen atoms in total.